The lowest BCUT2D eigenvalue weighted by atomic mass is 10.1. The largest absolute Gasteiger partial charge is 0.497 e. The minimum Gasteiger partial charge on any atom is -0.497 e. The van der Waals surface area contributed by atoms with E-state index in [2.05, 4.69) is 20.1 Å². The summed E-state index contributed by atoms with van der Waals surface area (Å²) in [7, 11) is 1.60. The fraction of sp³-hybridized carbons (Fsp3) is 0.0667. The maximum absolute atomic E-state index is 12.5. The average Bonchev–Trinajstić information content (AvgIpc) is 2.92. The number of fused-ring (bicyclic) bond motifs is 3. The Balaban J connectivity index is 2.05. The number of hydrogen-bond donors (Lipinski definition) is 1. The highest BCUT2D eigenvalue weighted by atomic mass is 16.5. The van der Waals surface area contributed by atoms with Crippen LogP contribution in [-0.2, 0) is 0 Å². The normalized spacial score (nSPS) is 11.1. The van der Waals surface area contributed by atoms with Crippen LogP contribution in [0.2, 0.25) is 0 Å². The molecule has 7 heteroatoms. The summed E-state index contributed by atoms with van der Waals surface area (Å²) in [6.45, 7) is 0. The molecule has 0 aliphatic heterocycles. The van der Waals surface area contributed by atoms with E-state index in [-0.39, 0.29) is 5.56 Å². The standard InChI is InChI=1S/C15H11N5O2/c1-22-9-2-3-10-12(6-9)18-7-11-14(10)19-20(15(11)21)13-8-16-4-5-17-13/h2-8,19H,1H3. The van der Waals surface area contributed by atoms with Gasteiger partial charge in [0.1, 0.15) is 5.75 Å². The molecule has 108 valence electrons. The predicted octanol–water partition coefficient (Wildman–Crippen LogP) is 1.67. The van der Waals surface area contributed by atoms with Gasteiger partial charge in [-0.05, 0) is 12.1 Å². The zero-order chi connectivity index (χ0) is 15.1. The molecule has 0 radical (unpaired) electrons. The Hall–Kier alpha value is -3.22. The van der Waals surface area contributed by atoms with E-state index in [9.17, 15) is 4.79 Å². The molecule has 0 aliphatic rings. The van der Waals surface area contributed by atoms with E-state index in [0.717, 1.165) is 16.7 Å². The highest BCUT2D eigenvalue weighted by Crippen LogP contribution is 2.24. The topological polar surface area (TPSA) is 85.7 Å². The molecule has 0 atom stereocenters. The molecule has 1 aromatic carbocycles. The highest BCUT2D eigenvalue weighted by Gasteiger charge is 2.13. The van der Waals surface area contributed by atoms with Gasteiger partial charge in [-0.15, -0.1) is 0 Å². The van der Waals surface area contributed by atoms with Crippen LogP contribution in [0.1, 0.15) is 0 Å². The lowest BCUT2D eigenvalue weighted by Crippen LogP contribution is -2.15. The van der Waals surface area contributed by atoms with Gasteiger partial charge in [0.05, 0.1) is 29.7 Å². The van der Waals surface area contributed by atoms with Crippen LogP contribution in [0.3, 0.4) is 0 Å². The van der Waals surface area contributed by atoms with Crippen molar-refractivity contribution in [2.24, 2.45) is 0 Å². The third-order valence-corrected chi connectivity index (χ3v) is 3.51. The molecule has 4 rings (SSSR count). The van der Waals surface area contributed by atoms with Crippen molar-refractivity contribution < 1.29 is 4.74 Å². The molecule has 0 bridgehead atoms. The van der Waals surface area contributed by atoms with Crippen molar-refractivity contribution in [3.63, 3.8) is 0 Å². The van der Waals surface area contributed by atoms with E-state index in [4.69, 9.17) is 4.74 Å². The molecule has 0 saturated heterocycles. The SMILES string of the molecule is COc1ccc2c(c1)ncc1c(=O)n(-c3cnccn3)[nH]c12. The zero-order valence-electron chi connectivity index (χ0n) is 11.6. The molecule has 22 heavy (non-hydrogen) atoms. The van der Waals surface area contributed by atoms with Crippen molar-refractivity contribution in [2.45, 2.75) is 0 Å². The van der Waals surface area contributed by atoms with E-state index < -0.39 is 0 Å². The number of pyridine rings is 1. The molecule has 7 nitrogen and oxygen atoms in total. The van der Waals surface area contributed by atoms with Gasteiger partial charge in [-0.2, -0.15) is 4.68 Å². The molecule has 4 aromatic rings. The molecule has 3 aromatic heterocycles. The number of aromatic nitrogens is 5. The minimum absolute atomic E-state index is 0.208. The summed E-state index contributed by atoms with van der Waals surface area (Å²) in [5, 5.41) is 4.43. The highest BCUT2D eigenvalue weighted by molar-refractivity contribution is 6.03. The van der Waals surface area contributed by atoms with Crippen molar-refractivity contribution in [1.29, 1.82) is 0 Å². The molecular weight excluding hydrogens is 282 g/mol. The smallest absolute Gasteiger partial charge is 0.282 e. The molecule has 0 saturated carbocycles. The lowest BCUT2D eigenvalue weighted by molar-refractivity contribution is 0.415. The van der Waals surface area contributed by atoms with Crippen molar-refractivity contribution >= 4 is 21.8 Å². The van der Waals surface area contributed by atoms with Crippen LogP contribution in [-0.4, -0.2) is 31.8 Å². The second-order valence-electron chi connectivity index (χ2n) is 4.75. The van der Waals surface area contributed by atoms with Crippen molar-refractivity contribution in [1.82, 2.24) is 24.7 Å². The molecule has 3 heterocycles. The van der Waals surface area contributed by atoms with Crippen molar-refractivity contribution in [3.05, 3.63) is 53.3 Å². The van der Waals surface area contributed by atoms with Gasteiger partial charge in [-0.25, -0.2) is 4.98 Å². The van der Waals surface area contributed by atoms with Gasteiger partial charge in [-0.1, -0.05) is 0 Å². The van der Waals surface area contributed by atoms with Gasteiger partial charge in [0.15, 0.2) is 5.82 Å². The second-order valence-corrected chi connectivity index (χ2v) is 4.75. The maximum atomic E-state index is 12.5. The van der Waals surface area contributed by atoms with E-state index in [0.29, 0.717) is 16.7 Å². The van der Waals surface area contributed by atoms with Gasteiger partial charge in [-0.3, -0.25) is 19.9 Å². The van der Waals surface area contributed by atoms with Gasteiger partial charge < -0.3 is 4.74 Å². The first kappa shape index (κ1) is 12.5. The first-order valence-electron chi connectivity index (χ1n) is 6.62. The van der Waals surface area contributed by atoms with E-state index in [1.807, 2.05) is 18.2 Å². The number of nitrogens with one attached hydrogen (secondary N) is 1. The Morgan fingerprint density at radius 1 is 1.14 bits per heavy atom. The fourth-order valence-electron chi connectivity index (χ4n) is 2.43. The van der Waals surface area contributed by atoms with Crippen LogP contribution < -0.4 is 10.3 Å². The Labute approximate surface area is 124 Å². The van der Waals surface area contributed by atoms with Crippen LogP contribution in [0.15, 0.2) is 47.8 Å². The third-order valence-electron chi connectivity index (χ3n) is 3.51. The summed E-state index contributed by atoms with van der Waals surface area (Å²) in [5.74, 6) is 1.15. The number of rotatable bonds is 2. The van der Waals surface area contributed by atoms with E-state index in [1.165, 1.54) is 17.1 Å². The maximum Gasteiger partial charge on any atom is 0.282 e. The zero-order valence-corrected chi connectivity index (χ0v) is 11.6. The first-order valence-corrected chi connectivity index (χ1v) is 6.62. The van der Waals surface area contributed by atoms with Crippen LogP contribution in [0.25, 0.3) is 27.6 Å². The molecule has 1 N–H and O–H groups in total. The molecular formula is C15H11N5O2. The summed E-state index contributed by atoms with van der Waals surface area (Å²) < 4.78 is 6.56. The van der Waals surface area contributed by atoms with Gasteiger partial charge in [0.25, 0.3) is 5.56 Å². The van der Waals surface area contributed by atoms with Crippen molar-refractivity contribution in [2.75, 3.05) is 7.11 Å². The van der Waals surface area contributed by atoms with Gasteiger partial charge in [0, 0.05) is 30.0 Å². The fourth-order valence-corrected chi connectivity index (χ4v) is 2.43. The van der Waals surface area contributed by atoms with Gasteiger partial charge >= 0.3 is 0 Å². The average molecular weight is 293 g/mol. The summed E-state index contributed by atoms with van der Waals surface area (Å²) >= 11 is 0. The minimum atomic E-state index is -0.208. The number of aromatic amines is 1. The number of ether oxygens (including phenoxy) is 1. The second kappa shape index (κ2) is 4.66. The molecule has 0 aliphatic carbocycles. The number of nitrogens with zero attached hydrogens (tertiary/aromatic N) is 4. The first-order chi connectivity index (χ1) is 10.8. The Kier molecular flexibility index (Phi) is 2.65. The van der Waals surface area contributed by atoms with Gasteiger partial charge in [0.2, 0.25) is 0 Å². The van der Waals surface area contributed by atoms with Crippen LogP contribution in [0, 0.1) is 0 Å². The molecule has 0 amide bonds. The molecule has 0 spiro atoms. The van der Waals surface area contributed by atoms with Crippen LogP contribution >= 0.6 is 0 Å². The quantitative estimate of drug-likeness (QED) is 0.607. The van der Waals surface area contributed by atoms with Crippen molar-refractivity contribution in [3.8, 4) is 11.6 Å². The van der Waals surface area contributed by atoms with E-state index >= 15 is 0 Å². The van der Waals surface area contributed by atoms with Crippen LogP contribution in [0.4, 0.5) is 0 Å². The summed E-state index contributed by atoms with van der Waals surface area (Å²) in [6, 6.07) is 5.54. The Bertz CT molecular complexity index is 1040. The number of methoxy groups -OCH3 is 1. The predicted molar refractivity (Wildman–Crippen MR) is 81.3 cm³/mol. The Morgan fingerprint density at radius 3 is 2.82 bits per heavy atom. The van der Waals surface area contributed by atoms with E-state index in [1.54, 1.807) is 19.5 Å². The summed E-state index contributed by atoms with van der Waals surface area (Å²) in [6.07, 6.45) is 6.17. The number of hydrogen-bond acceptors (Lipinski definition) is 5. The van der Waals surface area contributed by atoms with Crippen LogP contribution in [0.5, 0.6) is 5.75 Å². The Morgan fingerprint density at radius 2 is 2.05 bits per heavy atom. The lowest BCUT2D eigenvalue weighted by Gasteiger charge is -2.02. The molecule has 0 unspecified atom stereocenters. The number of benzene rings is 1. The number of H-pyrrole nitrogens is 1. The molecule has 0 fully saturated rings. The summed E-state index contributed by atoms with van der Waals surface area (Å²) in [4.78, 5) is 25.0. The summed E-state index contributed by atoms with van der Waals surface area (Å²) in [5.41, 5.74) is 1.25. The monoisotopic (exact) mass is 293 g/mol. The third kappa shape index (κ3) is 1.76.